The fraction of sp³-hybridized carbons (Fsp3) is 0.917. The molecule has 1 aliphatic heterocycles. The van der Waals surface area contributed by atoms with Crippen molar-refractivity contribution in [1.29, 1.82) is 0 Å². The molecule has 0 aromatic heterocycles. The maximum absolute atomic E-state index is 10.8. The third-order valence-corrected chi connectivity index (χ3v) is 2.72. The van der Waals surface area contributed by atoms with E-state index in [0.717, 1.165) is 39.0 Å². The van der Waals surface area contributed by atoms with Gasteiger partial charge in [0.05, 0.1) is 5.92 Å². The molecule has 1 aliphatic rings. The van der Waals surface area contributed by atoms with E-state index in [9.17, 15) is 4.79 Å². The van der Waals surface area contributed by atoms with Gasteiger partial charge in [-0.3, -0.25) is 4.79 Å². The highest BCUT2D eigenvalue weighted by Gasteiger charge is 2.24. The molecule has 0 saturated carbocycles. The number of piperidine rings is 1. The lowest BCUT2D eigenvalue weighted by Gasteiger charge is -2.31. The molecular formula is C12H26N2O2. The minimum Gasteiger partial charge on any atom is -0.481 e. The highest BCUT2D eigenvalue weighted by atomic mass is 16.4. The molecular weight excluding hydrogens is 204 g/mol. The highest BCUT2D eigenvalue weighted by molar-refractivity contribution is 5.70. The lowest BCUT2D eigenvalue weighted by atomic mass is 9.98. The Morgan fingerprint density at radius 2 is 2.06 bits per heavy atom. The predicted octanol–water partition coefficient (Wildman–Crippen LogP) is 1.37. The van der Waals surface area contributed by atoms with Crippen molar-refractivity contribution in [2.24, 2.45) is 5.92 Å². The van der Waals surface area contributed by atoms with Crippen LogP contribution in [-0.2, 0) is 4.79 Å². The number of hydrogen-bond donors (Lipinski definition) is 1. The summed E-state index contributed by atoms with van der Waals surface area (Å²) in [4.78, 5) is 15.2. The van der Waals surface area contributed by atoms with Crippen LogP contribution < -0.4 is 0 Å². The van der Waals surface area contributed by atoms with Crippen LogP contribution in [0, 0.1) is 5.92 Å². The summed E-state index contributed by atoms with van der Waals surface area (Å²) >= 11 is 0. The molecule has 4 nitrogen and oxygen atoms in total. The van der Waals surface area contributed by atoms with Gasteiger partial charge in [0.15, 0.2) is 0 Å². The Hall–Kier alpha value is -0.610. The monoisotopic (exact) mass is 230 g/mol. The first-order valence-electron chi connectivity index (χ1n) is 6.19. The second-order valence-corrected chi connectivity index (χ2v) is 4.28. The fourth-order valence-corrected chi connectivity index (χ4v) is 1.80. The third kappa shape index (κ3) is 6.08. The molecule has 1 saturated heterocycles. The lowest BCUT2D eigenvalue weighted by Crippen LogP contribution is -2.41. The number of nitrogens with zero attached hydrogens (tertiary/aromatic N) is 2. The Balaban J connectivity index is 0.00000106. The van der Waals surface area contributed by atoms with Gasteiger partial charge in [-0.25, -0.2) is 0 Å². The standard InChI is InChI=1S/C10H20N2O2.C2H6/c1-11(2)6-7-12-5-3-4-9(8-12)10(13)14;1-2/h9H,3-8H2,1-2H3,(H,13,14);1-2H3. The predicted molar refractivity (Wildman–Crippen MR) is 66.7 cm³/mol. The topological polar surface area (TPSA) is 43.8 Å². The summed E-state index contributed by atoms with van der Waals surface area (Å²) < 4.78 is 0. The zero-order chi connectivity index (χ0) is 12.6. The first kappa shape index (κ1) is 15.4. The first-order chi connectivity index (χ1) is 7.59. The molecule has 1 fully saturated rings. The van der Waals surface area contributed by atoms with Crippen LogP contribution in [-0.4, -0.2) is 61.2 Å². The summed E-state index contributed by atoms with van der Waals surface area (Å²) in [7, 11) is 4.08. The van der Waals surface area contributed by atoms with Crippen molar-refractivity contribution in [3.8, 4) is 0 Å². The molecule has 1 N–H and O–H groups in total. The summed E-state index contributed by atoms with van der Waals surface area (Å²) in [5.41, 5.74) is 0. The largest absolute Gasteiger partial charge is 0.481 e. The molecule has 1 atom stereocenters. The van der Waals surface area contributed by atoms with Crippen molar-refractivity contribution in [1.82, 2.24) is 9.80 Å². The van der Waals surface area contributed by atoms with Crippen molar-refractivity contribution < 1.29 is 9.90 Å². The lowest BCUT2D eigenvalue weighted by molar-refractivity contribution is -0.143. The van der Waals surface area contributed by atoms with E-state index in [0.29, 0.717) is 0 Å². The summed E-state index contributed by atoms with van der Waals surface area (Å²) in [5, 5.41) is 8.90. The molecule has 1 unspecified atom stereocenters. The maximum atomic E-state index is 10.8. The second kappa shape index (κ2) is 8.53. The van der Waals surface area contributed by atoms with Crippen molar-refractivity contribution in [3.63, 3.8) is 0 Å². The SMILES string of the molecule is CC.CN(C)CCN1CCCC(C(=O)O)C1. The van der Waals surface area contributed by atoms with E-state index in [-0.39, 0.29) is 5.92 Å². The van der Waals surface area contributed by atoms with Crippen LogP contribution in [0.5, 0.6) is 0 Å². The smallest absolute Gasteiger partial charge is 0.307 e. The fourth-order valence-electron chi connectivity index (χ4n) is 1.80. The molecule has 0 bridgehead atoms. The number of rotatable bonds is 4. The molecule has 0 aromatic rings. The number of carboxylic acid groups (broad SMARTS) is 1. The van der Waals surface area contributed by atoms with E-state index in [1.54, 1.807) is 0 Å². The molecule has 0 aromatic carbocycles. The molecule has 1 rings (SSSR count). The summed E-state index contributed by atoms with van der Waals surface area (Å²) in [6.07, 6.45) is 1.86. The number of carbonyl (C=O) groups is 1. The van der Waals surface area contributed by atoms with Gasteiger partial charge < -0.3 is 14.9 Å². The van der Waals surface area contributed by atoms with Crippen molar-refractivity contribution in [2.75, 3.05) is 40.3 Å². The van der Waals surface area contributed by atoms with E-state index >= 15 is 0 Å². The zero-order valence-electron chi connectivity index (χ0n) is 11.1. The van der Waals surface area contributed by atoms with Crippen LogP contribution in [0.2, 0.25) is 0 Å². The average Bonchev–Trinajstić information content (AvgIpc) is 2.29. The second-order valence-electron chi connectivity index (χ2n) is 4.28. The quantitative estimate of drug-likeness (QED) is 0.792. The van der Waals surface area contributed by atoms with E-state index in [2.05, 4.69) is 9.80 Å². The summed E-state index contributed by atoms with van der Waals surface area (Å²) in [5.74, 6) is -0.787. The Kier molecular flexibility index (Phi) is 8.21. The Morgan fingerprint density at radius 3 is 2.56 bits per heavy atom. The van der Waals surface area contributed by atoms with E-state index in [1.807, 2.05) is 27.9 Å². The molecule has 0 radical (unpaired) electrons. The highest BCUT2D eigenvalue weighted by Crippen LogP contribution is 2.15. The van der Waals surface area contributed by atoms with Gasteiger partial charge in [-0.2, -0.15) is 0 Å². The van der Waals surface area contributed by atoms with Crippen LogP contribution in [0.15, 0.2) is 0 Å². The van der Waals surface area contributed by atoms with Gasteiger partial charge in [0, 0.05) is 19.6 Å². The average molecular weight is 230 g/mol. The minimum absolute atomic E-state index is 0.147. The van der Waals surface area contributed by atoms with Crippen molar-refractivity contribution in [3.05, 3.63) is 0 Å². The van der Waals surface area contributed by atoms with Crippen molar-refractivity contribution >= 4 is 5.97 Å². The summed E-state index contributed by atoms with van der Waals surface area (Å²) in [6.45, 7) is 7.77. The zero-order valence-corrected chi connectivity index (χ0v) is 11.1. The maximum Gasteiger partial charge on any atom is 0.307 e. The molecule has 4 heteroatoms. The Bertz CT molecular complexity index is 195. The van der Waals surface area contributed by atoms with E-state index in [4.69, 9.17) is 5.11 Å². The third-order valence-electron chi connectivity index (χ3n) is 2.72. The normalized spacial score (nSPS) is 21.4. The number of aliphatic carboxylic acids is 1. The molecule has 16 heavy (non-hydrogen) atoms. The number of carboxylic acids is 1. The minimum atomic E-state index is -0.639. The molecule has 0 spiro atoms. The van der Waals surface area contributed by atoms with E-state index < -0.39 is 5.97 Å². The van der Waals surface area contributed by atoms with Crippen LogP contribution in [0.25, 0.3) is 0 Å². The van der Waals surface area contributed by atoms with Gasteiger partial charge in [-0.1, -0.05) is 13.8 Å². The summed E-state index contributed by atoms with van der Waals surface area (Å²) in [6, 6.07) is 0. The van der Waals surface area contributed by atoms with Gasteiger partial charge in [0.2, 0.25) is 0 Å². The van der Waals surface area contributed by atoms with E-state index in [1.165, 1.54) is 0 Å². The van der Waals surface area contributed by atoms with Gasteiger partial charge in [0.25, 0.3) is 0 Å². The van der Waals surface area contributed by atoms with Gasteiger partial charge in [0.1, 0.15) is 0 Å². The molecule has 0 aliphatic carbocycles. The van der Waals surface area contributed by atoms with Gasteiger partial charge >= 0.3 is 5.97 Å². The number of likely N-dealkylation sites (N-methyl/N-ethyl adjacent to an activating group) is 1. The van der Waals surface area contributed by atoms with Crippen LogP contribution >= 0.6 is 0 Å². The van der Waals surface area contributed by atoms with Crippen molar-refractivity contribution in [2.45, 2.75) is 26.7 Å². The van der Waals surface area contributed by atoms with Gasteiger partial charge in [-0.15, -0.1) is 0 Å². The molecule has 0 amide bonds. The molecule has 1 heterocycles. The number of hydrogen-bond acceptors (Lipinski definition) is 3. The van der Waals surface area contributed by atoms with Crippen LogP contribution in [0.3, 0.4) is 0 Å². The first-order valence-corrected chi connectivity index (χ1v) is 6.19. The van der Waals surface area contributed by atoms with Crippen LogP contribution in [0.1, 0.15) is 26.7 Å². The Labute approximate surface area is 99.2 Å². The van der Waals surface area contributed by atoms with Crippen LogP contribution in [0.4, 0.5) is 0 Å². The number of likely N-dealkylation sites (tertiary alicyclic amines) is 1. The Morgan fingerprint density at radius 1 is 1.44 bits per heavy atom. The van der Waals surface area contributed by atoms with Gasteiger partial charge in [-0.05, 0) is 33.5 Å². The molecule has 96 valence electrons.